The quantitative estimate of drug-likeness (QED) is 0.329. The van der Waals surface area contributed by atoms with Gasteiger partial charge in [-0.1, -0.05) is 12.1 Å². The Bertz CT molecular complexity index is 690. The van der Waals surface area contributed by atoms with E-state index in [0.717, 1.165) is 44.1 Å². The molecule has 7 heteroatoms. The lowest BCUT2D eigenvalue weighted by molar-refractivity contribution is 0.796. The van der Waals surface area contributed by atoms with Crippen molar-refractivity contribution in [1.29, 1.82) is 0 Å². The molecule has 0 aliphatic carbocycles. The number of anilines is 1. The number of aryl methyl sites for hydroxylation is 2. The molecule has 1 aromatic heterocycles. The maximum atomic E-state index is 4.67. The number of hydrogen-bond acceptors (Lipinski definition) is 4. The highest BCUT2D eigenvalue weighted by Crippen LogP contribution is 2.16. The molecule has 150 valence electrons. The lowest BCUT2D eigenvalue weighted by Crippen LogP contribution is -2.38. The second kappa shape index (κ2) is 12.2. The summed E-state index contributed by atoms with van der Waals surface area (Å²) in [5.41, 5.74) is 3.69. The SMILES string of the molecule is CCNC(=NCCc1nc(C)c(C)s1)NCCc1ccc(N(C)C)cc1.I. The highest BCUT2D eigenvalue weighted by molar-refractivity contribution is 14.0. The van der Waals surface area contributed by atoms with Crippen molar-refractivity contribution < 1.29 is 0 Å². The van der Waals surface area contributed by atoms with Gasteiger partial charge in [-0.15, -0.1) is 35.3 Å². The van der Waals surface area contributed by atoms with Crippen molar-refractivity contribution in [3.8, 4) is 0 Å². The van der Waals surface area contributed by atoms with Gasteiger partial charge in [-0.3, -0.25) is 4.99 Å². The van der Waals surface area contributed by atoms with Crippen molar-refractivity contribution in [2.45, 2.75) is 33.6 Å². The summed E-state index contributed by atoms with van der Waals surface area (Å²) < 4.78 is 0. The molecular weight excluding hydrogens is 469 g/mol. The van der Waals surface area contributed by atoms with E-state index in [4.69, 9.17) is 0 Å². The Hall–Kier alpha value is -1.35. The normalized spacial score (nSPS) is 11.1. The van der Waals surface area contributed by atoms with Crippen molar-refractivity contribution in [2.24, 2.45) is 4.99 Å². The first-order valence-corrected chi connectivity index (χ1v) is 10.0. The zero-order valence-electron chi connectivity index (χ0n) is 17.0. The highest BCUT2D eigenvalue weighted by Gasteiger charge is 2.04. The fourth-order valence-electron chi connectivity index (χ4n) is 2.54. The summed E-state index contributed by atoms with van der Waals surface area (Å²) in [5.74, 6) is 0.877. The van der Waals surface area contributed by atoms with Crippen LogP contribution in [-0.2, 0) is 12.8 Å². The molecule has 0 saturated carbocycles. The van der Waals surface area contributed by atoms with E-state index in [1.54, 1.807) is 11.3 Å². The minimum absolute atomic E-state index is 0. The van der Waals surface area contributed by atoms with E-state index < -0.39 is 0 Å². The average molecular weight is 501 g/mol. The molecule has 0 aliphatic heterocycles. The zero-order valence-corrected chi connectivity index (χ0v) is 20.1. The predicted octanol–water partition coefficient (Wildman–Crippen LogP) is 3.78. The Morgan fingerprint density at radius 1 is 1.11 bits per heavy atom. The Morgan fingerprint density at radius 3 is 2.37 bits per heavy atom. The van der Waals surface area contributed by atoms with Gasteiger partial charge in [-0.25, -0.2) is 4.98 Å². The summed E-state index contributed by atoms with van der Waals surface area (Å²) in [4.78, 5) is 12.7. The van der Waals surface area contributed by atoms with Crippen molar-refractivity contribution >= 4 is 47.0 Å². The van der Waals surface area contributed by atoms with E-state index in [1.807, 2.05) is 0 Å². The van der Waals surface area contributed by atoms with Crippen LogP contribution in [0.15, 0.2) is 29.3 Å². The van der Waals surface area contributed by atoms with Crippen LogP contribution in [0.2, 0.25) is 0 Å². The molecule has 2 rings (SSSR count). The van der Waals surface area contributed by atoms with E-state index in [1.165, 1.54) is 21.1 Å². The van der Waals surface area contributed by atoms with Crippen LogP contribution >= 0.6 is 35.3 Å². The van der Waals surface area contributed by atoms with E-state index >= 15 is 0 Å². The smallest absolute Gasteiger partial charge is 0.191 e. The Morgan fingerprint density at radius 2 is 1.81 bits per heavy atom. The molecule has 0 atom stereocenters. The van der Waals surface area contributed by atoms with Crippen LogP contribution in [0.5, 0.6) is 0 Å². The summed E-state index contributed by atoms with van der Waals surface area (Å²) in [5, 5.41) is 7.90. The van der Waals surface area contributed by atoms with Gasteiger partial charge in [0.15, 0.2) is 5.96 Å². The molecule has 0 amide bonds. The summed E-state index contributed by atoms with van der Waals surface area (Å²) in [7, 11) is 4.12. The summed E-state index contributed by atoms with van der Waals surface area (Å²) in [6.45, 7) is 8.75. The number of rotatable bonds is 8. The fraction of sp³-hybridized carbons (Fsp3) is 0.500. The summed E-state index contributed by atoms with van der Waals surface area (Å²) in [6, 6.07) is 8.70. The Labute approximate surface area is 184 Å². The summed E-state index contributed by atoms with van der Waals surface area (Å²) >= 11 is 1.77. The topological polar surface area (TPSA) is 52.6 Å². The summed E-state index contributed by atoms with van der Waals surface area (Å²) in [6.07, 6.45) is 1.87. The molecule has 1 aromatic carbocycles. The van der Waals surface area contributed by atoms with Crippen molar-refractivity contribution in [3.63, 3.8) is 0 Å². The molecule has 0 saturated heterocycles. The predicted molar refractivity (Wildman–Crippen MR) is 129 cm³/mol. The largest absolute Gasteiger partial charge is 0.378 e. The molecular formula is C20H32IN5S. The lowest BCUT2D eigenvalue weighted by Gasteiger charge is -2.13. The van der Waals surface area contributed by atoms with Gasteiger partial charge in [0.25, 0.3) is 0 Å². The first-order chi connectivity index (χ1) is 12.5. The molecule has 27 heavy (non-hydrogen) atoms. The second-order valence-electron chi connectivity index (χ2n) is 6.50. The number of benzene rings is 1. The Balaban J connectivity index is 0.00000364. The van der Waals surface area contributed by atoms with Crippen molar-refractivity contribution in [2.75, 3.05) is 38.6 Å². The van der Waals surface area contributed by atoms with Crippen LogP contribution in [-0.4, -0.2) is 44.7 Å². The zero-order chi connectivity index (χ0) is 18.9. The van der Waals surface area contributed by atoms with Crippen LogP contribution in [0.3, 0.4) is 0 Å². The first kappa shape index (κ1) is 23.7. The monoisotopic (exact) mass is 501 g/mol. The molecule has 2 aromatic rings. The van der Waals surface area contributed by atoms with E-state index in [0.29, 0.717) is 0 Å². The molecule has 2 N–H and O–H groups in total. The number of aromatic nitrogens is 1. The molecule has 0 radical (unpaired) electrons. The highest BCUT2D eigenvalue weighted by atomic mass is 127. The number of thiazole rings is 1. The third kappa shape index (κ3) is 8.04. The number of guanidine groups is 1. The molecule has 0 unspecified atom stereocenters. The number of hydrogen-bond donors (Lipinski definition) is 2. The molecule has 0 spiro atoms. The fourth-order valence-corrected chi connectivity index (χ4v) is 3.46. The van der Waals surface area contributed by atoms with Crippen LogP contribution in [0, 0.1) is 13.8 Å². The first-order valence-electron chi connectivity index (χ1n) is 9.21. The van der Waals surface area contributed by atoms with Crippen molar-refractivity contribution in [1.82, 2.24) is 15.6 Å². The number of halogens is 1. The van der Waals surface area contributed by atoms with Crippen LogP contribution < -0.4 is 15.5 Å². The lowest BCUT2D eigenvalue weighted by atomic mass is 10.1. The van der Waals surface area contributed by atoms with Gasteiger partial charge in [0, 0.05) is 50.7 Å². The minimum Gasteiger partial charge on any atom is -0.378 e. The van der Waals surface area contributed by atoms with Crippen LogP contribution in [0.25, 0.3) is 0 Å². The van der Waals surface area contributed by atoms with Gasteiger partial charge in [0.1, 0.15) is 0 Å². The molecule has 0 aliphatic rings. The molecule has 0 bridgehead atoms. The molecule has 1 heterocycles. The number of nitrogens with zero attached hydrogens (tertiary/aromatic N) is 3. The second-order valence-corrected chi connectivity index (χ2v) is 7.79. The van der Waals surface area contributed by atoms with E-state index in [-0.39, 0.29) is 24.0 Å². The van der Waals surface area contributed by atoms with Crippen molar-refractivity contribution in [3.05, 3.63) is 45.4 Å². The van der Waals surface area contributed by atoms with Gasteiger partial charge in [-0.2, -0.15) is 0 Å². The Kier molecular flexibility index (Phi) is 10.7. The van der Waals surface area contributed by atoms with Crippen LogP contribution in [0.1, 0.15) is 28.1 Å². The van der Waals surface area contributed by atoms with E-state index in [2.05, 4.69) is 84.6 Å². The van der Waals surface area contributed by atoms with E-state index in [9.17, 15) is 0 Å². The van der Waals surface area contributed by atoms with Crippen LogP contribution in [0.4, 0.5) is 5.69 Å². The molecule has 0 fully saturated rings. The average Bonchev–Trinajstić information content (AvgIpc) is 2.93. The van der Waals surface area contributed by atoms with Gasteiger partial charge in [-0.05, 0) is 44.9 Å². The minimum atomic E-state index is 0. The van der Waals surface area contributed by atoms with Gasteiger partial charge in [0.05, 0.1) is 10.7 Å². The van der Waals surface area contributed by atoms with Gasteiger partial charge >= 0.3 is 0 Å². The maximum Gasteiger partial charge on any atom is 0.191 e. The standard InChI is InChI=1S/C20H31N5S.HI/c1-6-21-20(23-14-12-19-24-15(2)16(3)26-19)22-13-11-17-7-9-18(10-8-17)25(4)5;/h7-10H,6,11-14H2,1-5H3,(H2,21,22,23);1H. The third-order valence-electron chi connectivity index (χ3n) is 4.17. The number of aliphatic imine (C=N–C) groups is 1. The number of nitrogens with one attached hydrogen (secondary N) is 2. The van der Waals surface area contributed by atoms with Gasteiger partial charge < -0.3 is 15.5 Å². The third-order valence-corrected chi connectivity index (χ3v) is 5.30. The maximum absolute atomic E-state index is 4.67. The molecule has 5 nitrogen and oxygen atoms in total. The van der Waals surface area contributed by atoms with Gasteiger partial charge in [0.2, 0.25) is 0 Å².